The van der Waals surface area contributed by atoms with Gasteiger partial charge in [0.2, 0.25) is 0 Å². The highest BCUT2D eigenvalue weighted by atomic mass is 19.1. The van der Waals surface area contributed by atoms with Gasteiger partial charge in [0.25, 0.3) is 0 Å². The number of alkyl halides is 1. The van der Waals surface area contributed by atoms with E-state index in [1.165, 1.54) is 13.8 Å². The summed E-state index contributed by atoms with van der Waals surface area (Å²) in [4.78, 5) is 0. The number of aliphatic hydroxyl groups excluding tert-OH is 1. The van der Waals surface area contributed by atoms with E-state index in [0.717, 1.165) is 16.3 Å². The van der Waals surface area contributed by atoms with Crippen LogP contribution in [0.15, 0.2) is 42.5 Å². The Bertz CT molecular complexity index is 760. The van der Waals surface area contributed by atoms with Crippen molar-refractivity contribution < 1.29 is 19.0 Å². The Morgan fingerprint density at radius 1 is 1.04 bits per heavy atom. The highest BCUT2D eigenvalue weighted by molar-refractivity contribution is 5.83. The lowest BCUT2D eigenvalue weighted by atomic mass is 9.87. The molecular weight excluding hydrogens is 331 g/mol. The van der Waals surface area contributed by atoms with E-state index in [0.29, 0.717) is 6.42 Å². The van der Waals surface area contributed by atoms with Crippen LogP contribution in [0.3, 0.4) is 0 Å². The Morgan fingerprint density at radius 2 is 1.69 bits per heavy atom. The van der Waals surface area contributed by atoms with Gasteiger partial charge in [-0.25, -0.2) is 4.39 Å². The summed E-state index contributed by atoms with van der Waals surface area (Å²) >= 11 is 0. The van der Waals surface area contributed by atoms with E-state index in [1.54, 1.807) is 0 Å². The van der Waals surface area contributed by atoms with Crippen LogP contribution >= 0.6 is 0 Å². The molecule has 142 valence electrons. The summed E-state index contributed by atoms with van der Waals surface area (Å²) in [5.74, 6) is 0. The fourth-order valence-corrected chi connectivity index (χ4v) is 3.62. The Labute approximate surface area is 155 Å². The molecule has 1 fully saturated rings. The molecule has 2 aromatic carbocycles. The summed E-state index contributed by atoms with van der Waals surface area (Å²) < 4.78 is 26.8. The van der Waals surface area contributed by atoms with Gasteiger partial charge in [0.1, 0.15) is 17.9 Å². The molecule has 1 saturated heterocycles. The van der Waals surface area contributed by atoms with Crippen molar-refractivity contribution in [2.24, 2.45) is 0 Å². The first-order chi connectivity index (χ1) is 12.0. The zero-order valence-corrected chi connectivity index (χ0v) is 16.2. The number of hydrogen-bond acceptors (Lipinski definition) is 3. The third kappa shape index (κ3) is 4.25. The predicted octanol–water partition coefficient (Wildman–Crippen LogP) is 4.96. The smallest absolute Gasteiger partial charge is 0.134 e. The molecule has 0 radical (unpaired) electrons. The van der Waals surface area contributed by atoms with Gasteiger partial charge in [0.15, 0.2) is 0 Å². The lowest BCUT2D eigenvalue weighted by Crippen LogP contribution is -2.55. The van der Waals surface area contributed by atoms with Gasteiger partial charge in [0, 0.05) is 6.42 Å². The van der Waals surface area contributed by atoms with Gasteiger partial charge in [-0.2, -0.15) is 0 Å². The van der Waals surface area contributed by atoms with E-state index < -0.39 is 29.6 Å². The molecule has 0 saturated carbocycles. The number of ether oxygens (including phenoxy) is 2. The van der Waals surface area contributed by atoms with E-state index in [4.69, 9.17) is 9.47 Å². The summed E-state index contributed by atoms with van der Waals surface area (Å²) in [6.07, 6.45) is -2.27. The average Bonchev–Trinajstić information content (AvgIpc) is 2.54. The number of benzene rings is 2. The lowest BCUT2D eigenvalue weighted by molar-refractivity contribution is -0.236. The second kappa shape index (κ2) is 6.91. The third-order valence-electron chi connectivity index (χ3n) is 4.78. The Kier molecular flexibility index (Phi) is 5.13. The summed E-state index contributed by atoms with van der Waals surface area (Å²) in [7, 11) is 0. The zero-order chi connectivity index (χ0) is 19.1. The van der Waals surface area contributed by atoms with Crippen molar-refractivity contribution in [1.29, 1.82) is 0 Å². The van der Waals surface area contributed by atoms with Crippen LogP contribution in [0.1, 0.15) is 52.7 Å². The zero-order valence-electron chi connectivity index (χ0n) is 16.2. The quantitative estimate of drug-likeness (QED) is 0.840. The summed E-state index contributed by atoms with van der Waals surface area (Å²) in [5.41, 5.74) is -1.12. The molecule has 4 atom stereocenters. The highest BCUT2D eigenvalue weighted by Gasteiger charge is 2.47. The van der Waals surface area contributed by atoms with Crippen molar-refractivity contribution in [3.05, 3.63) is 48.0 Å². The van der Waals surface area contributed by atoms with Gasteiger partial charge >= 0.3 is 0 Å². The van der Waals surface area contributed by atoms with Crippen molar-refractivity contribution in [3.8, 4) is 0 Å². The summed E-state index contributed by atoms with van der Waals surface area (Å²) in [6, 6.07) is 14.3. The van der Waals surface area contributed by atoms with Crippen LogP contribution in [0.5, 0.6) is 0 Å². The van der Waals surface area contributed by atoms with Crippen LogP contribution in [-0.4, -0.2) is 34.7 Å². The predicted molar refractivity (Wildman–Crippen MR) is 102 cm³/mol. The molecule has 0 bridgehead atoms. The molecule has 2 aromatic rings. The van der Waals surface area contributed by atoms with Crippen molar-refractivity contribution in [1.82, 2.24) is 0 Å². The molecule has 3 rings (SSSR count). The molecule has 0 spiro atoms. The molecule has 4 heteroatoms. The number of fused-ring (bicyclic) bond motifs is 1. The first kappa shape index (κ1) is 19.3. The van der Waals surface area contributed by atoms with Crippen molar-refractivity contribution >= 4 is 10.8 Å². The molecule has 26 heavy (non-hydrogen) atoms. The van der Waals surface area contributed by atoms with Gasteiger partial charge in [0.05, 0.1) is 17.8 Å². The summed E-state index contributed by atoms with van der Waals surface area (Å²) in [6.45, 7) is 8.71. The molecular formula is C22H29FO3. The molecule has 0 aliphatic carbocycles. The molecule has 3 nitrogen and oxygen atoms in total. The highest BCUT2D eigenvalue weighted by Crippen LogP contribution is 2.39. The van der Waals surface area contributed by atoms with Crippen molar-refractivity contribution in [3.63, 3.8) is 0 Å². The largest absolute Gasteiger partial charge is 0.388 e. The number of hydrogen-bond donors (Lipinski definition) is 1. The summed E-state index contributed by atoms with van der Waals surface area (Å²) in [5, 5.41) is 12.9. The first-order valence-electron chi connectivity index (χ1n) is 9.23. The van der Waals surface area contributed by atoms with Gasteiger partial charge in [-0.1, -0.05) is 36.4 Å². The minimum atomic E-state index is -1.67. The minimum Gasteiger partial charge on any atom is -0.388 e. The van der Waals surface area contributed by atoms with Gasteiger partial charge < -0.3 is 14.6 Å². The van der Waals surface area contributed by atoms with Crippen LogP contribution in [0.4, 0.5) is 4.39 Å². The van der Waals surface area contributed by atoms with E-state index in [2.05, 4.69) is 18.2 Å². The molecule has 0 amide bonds. The van der Waals surface area contributed by atoms with Crippen LogP contribution in [-0.2, 0) is 9.47 Å². The van der Waals surface area contributed by atoms with E-state index in [9.17, 15) is 9.50 Å². The maximum Gasteiger partial charge on any atom is 0.134 e. The SMILES string of the molecule is CC(C)(C)O[C@@H]1C[C@H](c2ccc3ccccc3c2)O[C@H](C(C)(C)F)[C@H]1O. The molecule has 1 aliphatic heterocycles. The first-order valence-corrected chi connectivity index (χ1v) is 9.23. The van der Waals surface area contributed by atoms with Crippen molar-refractivity contribution in [2.75, 3.05) is 0 Å². The number of halogens is 1. The van der Waals surface area contributed by atoms with Crippen LogP contribution in [0, 0.1) is 0 Å². The van der Waals surface area contributed by atoms with E-state index in [-0.39, 0.29) is 6.10 Å². The number of aliphatic hydroxyl groups is 1. The maximum absolute atomic E-state index is 14.7. The Hall–Kier alpha value is -1.49. The Balaban J connectivity index is 1.94. The third-order valence-corrected chi connectivity index (χ3v) is 4.78. The maximum atomic E-state index is 14.7. The fraction of sp³-hybridized carbons (Fsp3) is 0.545. The van der Waals surface area contributed by atoms with Gasteiger partial charge in [-0.3, -0.25) is 0 Å². The molecule has 1 aliphatic rings. The topological polar surface area (TPSA) is 38.7 Å². The van der Waals surface area contributed by atoms with Crippen LogP contribution in [0.25, 0.3) is 10.8 Å². The second-order valence-electron chi connectivity index (χ2n) is 8.71. The second-order valence-corrected chi connectivity index (χ2v) is 8.71. The standard InChI is InChI=1S/C22H29FO3/c1-21(2,3)26-18-13-17(25-20(19(18)24)22(4,5)23)16-11-10-14-8-6-7-9-15(14)12-16/h6-12,17-20,24H,13H2,1-5H3/t17-,18-,19+,20+/m1/s1. The van der Waals surface area contributed by atoms with E-state index in [1.807, 2.05) is 45.0 Å². The lowest BCUT2D eigenvalue weighted by Gasteiger charge is -2.45. The minimum absolute atomic E-state index is 0.324. The molecule has 0 aromatic heterocycles. The normalized spacial score (nSPS) is 27.7. The molecule has 1 heterocycles. The monoisotopic (exact) mass is 360 g/mol. The van der Waals surface area contributed by atoms with Crippen LogP contribution < -0.4 is 0 Å². The molecule has 1 N–H and O–H groups in total. The van der Waals surface area contributed by atoms with Gasteiger partial charge in [-0.15, -0.1) is 0 Å². The average molecular weight is 360 g/mol. The van der Waals surface area contributed by atoms with Crippen LogP contribution in [0.2, 0.25) is 0 Å². The van der Waals surface area contributed by atoms with Crippen molar-refractivity contribution in [2.45, 2.75) is 76.7 Å². The Morgan fingerprint density at radius 3 is 2.31 bits per heavy atom. The fourth-order valence-electron chi connectivity index (χ4n) is 3.62. The molecule has 0 unspecified atom stereocenters. The number of rotatable bonds is 3. The van der Waals surface area contributed by atoms with Gasteiger partial charge in [-0.05, 0) is 57.0 Å². The van der Waals surface area contributed by atoms with E-state index >= 15 is 0 Å².